The summed E-state index contributed by atoms with van der Waals surface area (Å²) in [7, 11) is -2.88. The third-order valence-electron chi connectivity index (χ3n) is 3.28. The Morgan fingerprint density at radius 3 is 2.95 bits per heavy atom. The van der Waals surface area contributed by atoms with Crippen LogP contribution in [0.15, 0.2) is 18.5 Å². The van der Waals surface area contributed by atoms with E-state index in [4.69, 9.17) is 0 Å². The highest BCUT2D eigenvalue weighted by molar-refractivity contribution is 7.91. The lowest BCUT2D eigenvalue weighted by atomic mass is 10.1. The zero-order valence-electron chi connectivity index (χ0n) is 11.4. The van der Waals surface area contributed by atoms with E-state index in [0.717, 1.165) is 0 Å². The van der Waals surface area contributed by atoms with Crippen molar-refractivity contribution in [2.24, 2.45) is 5.92 Å². The van der Waals surface area contributed by atoms with Crippen molar-refractivity contribution in [1.82, 2.24) is 20.4 Å². The van der Waals surface area contributed by atoms with Crippen molar-refractivity contribution in [2.45, 2.75) is 25.9 Å². The molecule has 0 radical (unpaired) electrons. The van der Waals surface area contributed by atoms with Crippen molar-refractivity contribution in [3.8, 4) is 0 Å². The summed E-state index contributed by atoms with van der Waals surface area (Å²) in [5, 5.41) is 9.60. The van der Waals surface area contributed by atoms with E-state index in [2.05, 4.69) is 15.7 Å². The molecule has 2 atom stereocenters. The summed E-state index contributed by atoms with van der Waals surface area (Å²) in [6.07, 6.45) is 4.15. The second-order valence-corrected chi connectivity index (χ2v) is 7.48. The van der Waals surface area contributed by atoms with Gasteiger partial charge in [-0.2, -0.15) is 5.10 Å². The summed E-state index contributed by atoms with van der Waals surface area (Å²) in [5.74, 6) is 0.444. The molecule has 112 valence electrons. The molecule has 2 N–H and O–H groups in total. The molecule has 0 spiro atoms. The first kappa shape index (κ1) is 14.8. The van der Waals surface area contributed by atoms with Gasteiger partial charge < -0.3 is 10.6 Å². The largest absolute Gasteiger partial charge is 0.338 e. The molecule has 8 heteroatoms. The average molecular weight is 300 g/mol. The molecule has 20 heavy (non-hydrogen) atoms. The van der Waals surface area contributed by atoms with Gasteiger partial charge in [0.1, 0.15) is 0 Å². The van der Waals surface area contributed by atoms with Gasteiger partial charge in [-0.3, -0.25) is 4.68 Å². The predicted molar refractivity (Wildman–Crippen MR) is 75.0 cm³/mol. The second-order valence-electron chi connectivity index (χ2n) is 5.25. The van der Waals surface area contributed by atoms with E-state index in [-0.39, 0.29) is 29.5 Å². The molecule has 2 heterocycles. The Morgan fingerprint density at radius 2 is 2.35 bits per heavy atom. The van der Waals surface area contributed by atoms with Gasteiger partial charge in [0, 0.05) is 25.0 Å². The second kappa shape index (κ2) is 6.25. The Kier molecular flexibility index (Phi) is 4.64. The first-order chi connectivity index (χ1) is 9.44. The number of rotatable bonds is 5. The lowest BCUT2D eigenvalue weighted by molar-refractivity contribution is 0.234. The van der Waals surface area contributed by atoms with Gasteiger partial charge in [-0.15, -0.1) is 0 Å². The van der Waals surface area contributed by atoms with Crippen LogP contribution in [-0.4, -0.2) is 48.3 Å². The van der Waals surface area contributed by atoms with Crippen molar-refractivity contribution in [2.75, 3.05) is 18.1 Å². The summed E-state index contributed by atoms with van der Waals surface area (Å²) in [5.41, 5.74) is 0. The minimum Gasteiger partial charge on any atom is -0.338 e. The zero-order chi connectivity index (χ0) is 14.6. The van der Waals surface area contributed by atoms with E-state index in [1.165, 1.54) is 0 Å². The molecule has 1 aromatic rings. The molecule has 1 fully saturated rings. The van der Waals surface area contributed by atoms with E-state index in [9.17, 15) is 13.2 Å². The molecule has 0 aromatic carbocycles. The summed E-state index contributed by atoms with van der Waals surface area (Å²) in [6.45, 7) is 2.89. The first-order valence-electron chi connectivity index (χ1n) is 6.67. The number of carbonyl (C=O) groups excluding carboxylic acids is 1. The van der Waals surface area contributed by atoms with E-state index in [1.54, 1.807) is 10.9 Å². The van der Waals surface area contributed by atoms with Crippen molar-refractivity contribution in [1.29, 1.82) is 0 Å². The number of nitrogens with one attached hydrogen (secondary N) is 2. The molecule has 0 saturated carbocycles. The van der Waals surface area contributed by atoms with E-state index >= 15 is 0 Å². The highest BCUT2D eigenvalue weighted by Crippen LogP contribution is 2.17. The molecule has 1 aliphatic heterocycles. The van der Waals surface area contributed by atoms with Gasteiger partial charge in [-0.1, -0.05) is 0 Å². The number of carbonyl (C=O) groups is 1. The summed E-state index contributed by atoms with van der Waals surface area (Å²) in [6, 6.07) is 1.50. The molecule has 1 aromatic heterocycles. The molecule has 2 amide bonds. The Labute approximate surface area is 118 Å². The maximum absolute atomic E-state index is 11.7. The Hall–Kier alpha value is -1.57. The summed E-state index contributed by atoms with van der Waals surface area (Å²) in [4.78, 5) is 11.7. The monoisotopic (exact) mass is 300 g/mol. The fraction of sp³-hybridized carbons (Fsp3) is 0.667. The Bertz CT molecular complexity index is 541. The van der Waals surface area contributed by atoms with Crippen LogP contribution in [-0.2, 0) is 16.4 Å². The van der Waals surface area contributed by atoms with Crippen molar-refractivity contribution >= 4 is 15.9 Å². The lowest BCUT2D eigenvalue weighted by Gasteiger charge is -2.16. The van der Waals surface area contributed by atoms with Crippen LogP contribution in [0.2, 0.25) is 0 Å². The third-order valence-corrected chi connectivity index (χ3v) is 5.11. The minimum absolute atomic E-state index is 0.0344. The van der Waals surface area contributed by atoms with Crippen LogP contribution in [0, 0.1) is 5.92 Å². The number of hydrogen-bond donors (Lipinski definition) is 2. The third kappa shape index (κ3) is 4.52. The van der Waals surface area contributed by atoms with Gasteiger partial charge in [0.2, 0.25) is 0 Å². The number of nitrogens with zero attached hydrogens (tertiary/aromatic N) is 2. The Balaban J connectivity index is 1.68. The number of sulfone groups is 1. The number of hydrogen-bond acceptors (Lipinski definition) is 4. The molecule has 7 nitrogen and oxygen atoms in total. The van der Waals surface area contributed by atoms with Crippen LogP contribution >= 0.6 is 0 Å². The SMILES string of the molecule is CC(Cn1cccn1)NC(=O)NCC1CCS(=O)(=O)C1. The highest BCUT2D eigenvalue weighted by Gasteiger charge is 2.27. The first-order valence-corrected chi connectivity index (χ1v) is 8.49. The van der Waals surface area contributed by atoms with Crippen molar-refractivity contribution in [3.05, 3.63) is 18.5 Å². The van der Waals surface area contributed by atoms with Crippen LogP contribution in [0.4, 0.5) is 4.79 Å². The van der Waals surface area contributed by atoms with Crippen molar-refractivity contribution in [3.63, 3.8) is 0 Å². The van der Waals surface area contributed by atoms with Crippen LogP contribution in [0.5, 0.6) is 0 Å². The fourth-order valence-corrected chi connectivity index (χ4v) is 4.14. The van der Waals surface area contributed by atoms with Gasteiger partial charge in [0.25, 0.3) is 0 Å². The minimum atomic E-state index is -2.88. The normalized spacial score (nSPS) is 22.4. The fourth-order valence-electron chi connectivity index (χ4n) is 2.28. The predicted octanol–water partition coefficient (Wildman–Crippen LogP) is 0.00550. The molecular weight excluding hydrogens is 280 g/mol. The quantitative estimate of drug-likeness (QED) is 0.801. The number of urea groups is 1. The maximum Gasteiger partial charge on any atom is 0.315 e. The smallest absolute Gasteiger partial charge is 0.315 e. The molecule has 0 aliphatic carbocycles. The van der Waals surface area contributed by atoms with Gasteiger partial charge in [0.05, 0.1) is 18.1 Å². The molecule has 2 rings (SSSR count). The van der Waals surface area contributed by atoms with E-state index < -0.39 is 9.84 Å². The molecular formula is C12H20N4O3S. The summed E-state index contributed by atoms with van der Waals surface area (Å²) >= 11 is 0. The van der Waals surface area contributed by atoms with Gasteiger partial charge in [-0.05, 0) is 25.3 Å². The maximum atomic E-state index is 11.7. The number of amides is 2. The molecule has 0 bridgehead atoms. The van der Waals surface area contributed by atoms with Crippen LogP contribution in [0.3, 0.4) is 0 Å². The van der Waals surface area contributed by atoms with E-state index in [1.807, 2.05) is 19.2 Å². The van der Waals surface area contributed by atoms with Crippen LogP contribution in [0.25, 0.3) is 0 Å². The van der Waals surface area contributed by atoms with Crippen LogP contribution < -0.4 is 10.6 Å². The Morgan fingerprint density at radius 1 is 1.55 bits per heavy atom. The van der Waals surface area contributed by atoms with Crippen LogP contribution in [0.1, 0.15) is 13.3 Å². The molecule has 1 aliphatic rings. The standard InChI is InChI=1S/C12H20N4O3S/c1-10(8-16-5-2-4-14-16)15-12(17)13-7-11-3-6-20(18,19)9-11/h2,4-5,10-11H,3,6-9H2,1H3,(H2,13,15,17). The average Bonchev–Trinajstić information content (AvgIpc) is 2.96. The number of aromatic nitrogens is 2. The van der Waals surface area contributed by atoms with Crippen molar-refractivity contribution < 1.29 is 13.2 Å². The summed E-state index contributed by atoms with van der Waals surface area (Å²) < 4.78 is 24.4. The molecule has 2 unspecified atom stereocenters. The topological polar surface area (TPSA) is 93.1 Å². The lowest BCUT2D eigenvalue weighted by Crippen LogP contribution is -2.44. The van der Waals surface area contributed by atoms with Gasteiger partial charge in [-0.25, -0.2) is 13.2 Å². The van der Waals surface area contributed by atoms with Gasteiger partial charge >= 0.3 is 6.03 Å². The highest BCUT2D eigenvalue weighted by atomic mass is 32.2. The zero-order valence-corrected chi connectivity index (χ0v) is 12.3. The molecule has 1 saturated heterocycles. The van der Waals surface area contributed by atoms with E-state index in [0.29, 0.717) is 19.5 Å². The van der Waals surface area contributed by atoms with Gasteiger partial charge in [0.15, 0.2) is 9.84 Å².